The van der Waals surface area contributed by atoms with Crippen LogP contribution in [0.2, 0.25) is 5.15 Å². The van der Waals surface area contributed by atoms with Crippen LogP contribution >= 0.6 is 11.6 Å². The second-order valence-electron chi connectivity index (χ2n) is 5.57. The highest BCUT2D eigenvalue weighted by Gasteiger charge is 2.20. The number of rotatable bonds is 3. The number of nitrogens with zero attached hydrogens (tertiary/aromatic N) is 5. The minimum Gasteiger partial charge on any atom is -0.306 e. The van der Waals surface area contributed by atoms with E-state index in [2.05, 4.69) is 20.4 Å². The molecule has 9 heteroatoms. The highest BCUT2D eigenvalue weighted by molar-refractivity contribution is 6.33. The maximum Gasteiger partial charge on any atom is 0.261 e. The van der Waals surface area contributed by atoms with E-state index in [1.807, 2.05) is 0 Å². The lowest BCUT2D eigenvalue weighted by Gasteiger charge is -2.07. The summed E-state index contributed by atoms with van der Waals surface area (Å²) in [7, 11) is 1.67. The van der Waals surface area contributed by atoms with Gasteiger partial charge in [0.15, 0.2) is 5.15 Å². The van der Waals surface area contributed by atoms with E-state index in [1.54, 1.807) is 42.0 Å². The highest BCUT2D eigenvalue weighted by Crippen LogP contribution is 2.29. The molecular formula is C17H12ClFN6O. The van der Waals surface area contributed by atoms with Gasteiger partial charge in [-0.05, 0) is 30.3 Å². The number of anilines is 1. The van der Waals surface area contributed by atoms with Crippen LogP contribution in [0.15, 0.2) is 48.9 Å². The zero-order chi connectivity index (χ0) is 18.3. The Bertz CT molecular complexity index is 1120. The lowest BCUT2D eigenvalue weighted by Crippen LogP contribution is -2.14. The lowest BCUT2D eigenvalue weighted by atomic mass is 10.1. The molecule has 0 fully saturated rings. The smallest absolute Gasteiger partial charge is 0.261 e. The molecule has 0 saturated carbocycles. The number of hydrogen-bond donors (Lipinski definition) is 1. The summed E-state index contributed by atoms with van der Waals surface area (Å²) in [5.41, 5.74) is 1.35. The third-order valence-corrected chi connectivity index (χ3v) is 4.06. The van der Waals surface area contributed by atoms with Crippen molar-refractivity contribution in [1.29, 1.82) is 0 Å². The number of nitrogens with one attached hydrogen (secondary N) is 1. The molecular weight excluding hydrogens is 359 g/mol. The topological polar surface area (TPSA) is 77.1 Å². The molecule has 4 rings (SSSR count). The zero-order valence-electron chi connectivity index (χ0n) is 13.5. The van der Waals surface area contributed by atoms with Crippen LogP contribution in [0.1, 0.15) is 10.4 Å². The van der Waals surface area contributed by atoms with Crippen molar-refractivity contribution < 1.29 is 9.18 Å². The van der Waals surface area contributed by atoms with Crippen molar-refractivity contribution in [3.8, 4) is 11.3 Å². The van der Waals surface area contributed by atoms with E-state index >= 15 is 0 Å². The summed E-state index contributed by atoms with van der Waals surface area (Å²) in [5, 5.41) is 6.86. The Kier molecular flexibility index (Phi) is 3.89. The molecule has 0 aliphatic heterocycles. The van der Waals surface area contributed by atoms with Gasteiger partial charge in [-0.15, -0.1) is 0 Å². The van der Waals surface area contributed by atoms with Crippen LogP contribution < -0.4 is 5.32 Å². The van der Waals surface area contributed by atoms with Crippen molar-refractivity contribution in [3.63, 3.8) is 0 Å². The molecule has 3 aromatic heterocycles. The van der Waals surface area contributed by atoms with Gasteiger partial charge in [-0.1, -0.05) is 11.6 Å². The zero-order valence-corrected chi connectivity index (χ0v) is 14.3. The van der Waals surface area contributed by atoms with E-state index in [0.717, 1.165) is 0 Å². The maximum absolute atomic E-state index is 13.3. The van der Waals surface area contributed by atoms with Crippen molar-refractivity contribution in [2.24, 2.45) is 7.05 Å². The van der Waals surface area contributed by atoms with Gasteiger partial charge in [-0.2, -0.15) is 5.10 Å². The van der Waals surface area contributed by atoms with Gasteiger partial charge in [-0.3, -0.25) is 13.9 Å². The van der Waals surface area contributed by atoms with Crippen LogP contribution in [0.25, 0.3) is 17.0 Å². The molecule has 1 N–H and O–H groups in total. The number of aryl methyl sites for hydroxylation is 1. The van der Waals surface area contributed by atoms with E-state index in [4.69, 9.17) is 11.6 Å². The molecule has 1 aromatic carbocycles. The molecule has 0 aliphatic carbocycles. The van der Waals surface area contributed by atoms with Crippen molar-refractivity contribution in [1.82, 2.24) is 24.1 Å². The standard InChI is InChI=1S/C17H12ClFN6O/c1-24-9-12(14(18)23-24)16(26)22-15-13(10-3-5-11(19)6-4-10)21-17-20-7-2-8-25(15)17/h2-9H,1H3,(H,22,26). The first-order valence-corrected chi connectivity index (χ1v) is 8.00. The fraction of sp³-hybridized carbons (Fsp3) is 0.0588. The van der Waals surface area contributed by atoms with E-state index in [-0.39, 0.29) is 16.5 Å². The summed E-state index contributed by atoms with van der Waals surface area (Å²) < 4.78 is 16.3. The van der Waals surface area contributed by atoms with Crippen LogP contribution in [-0.4, -0.2) is 30.1 Å². The normalized spacial score (nSPS) is 11.0. The van der Waals surface area contributed by atoms with Crippen molar-refractivity contribution in [3.05, 3.63) is 65.5 Å². The molecule has 0 spiro atoms. The predicted molar refractivity (Wildman–Crippen MR) is 94.6 cm³/mol. The molecule has 0 aliphatic rings. The number of carbonyl (C=O) groups is 1. The Balaban J connectivity index is 1.82. The quantitative estimate of drug-likeness (QED) is 0.601. The number of hydrogen-bond acceptors (Lipinski definition) is 4. The predicted octanol–water partition coefficient (Wildman–Crippen LogP) is 3.17. The number of fused-ring (bicyclic) bond motifs is 1. The van der Waals surface area contributed by atoms with Crippen molar-refractivity contribution in [2.45, 2.75) is 0 Å². The molecule has 0 atom stereocenters. The number of benzene rings is 1. The lowest BCUT2D eigenvalue weighted by molar-refractivity contribution is 0.102. The molecule has 0 radical (unpaired) electrons. The second kappa shape index (κ2) is 6.23. The minimum atomic E-state index is -0.433. The Morgan fingerprint density at radius 1 is 1.27 bits per heavy atom. The van der Waals surface area contributed by atoms with Crippen molar-refractivity contribution in [2.75, 3.05) is 5.32 Å². The number of carbonyl (C=O) groups excluding carboxylic acids is 1. The number of imidazole rings is 1. The van der Waals surface area contributed by atoms with Gasteiger partial charge < -0.3 is 5.32 Å². The molecule has 0 unspecified atom stereocenters. The average Bonchev–Trinajstić information content (AvgIpc) is 3.15. The second-order valence-corrected chi connectivity index (χ2v) is 5.92. The molecule has 3 heterocycles. The number of aromatic nitrogens is 5. The Labute approximate surface area is 152 Å². The van der Waals surface area contributed by atoms with Gasteiger partial charge in [0.1, 0.15) is 17.3 Å². The highest BCUT2D eigenvalue weighted by atomic mass is 35.5. The van der Waals surface area contributed by atoms with Crippen LogP contribution in [-0.2, 0) is 7.05 Å². The van der Waals surface area contributed by atoms with Gasteiger partial charge >= 0.3 is 0 Å². The van der Waals surface area contributed by atoms with Gasteiger partial charge in [0.25, 0.3) is 5.91 Å². The summed E-state index contributed by atoms with van der Waals surface area (Å²) in [6, 6.07) is 7.55. The molecule has 0 bridgehead atoms. The van der Waals surface area contributed by atoms with Crippen LogP contribution in [0.5, 0.6) is 0 Å². The van der Waals surface area contributed by atoms with E-state index in [1.165, 1.54) is 23.0 Å². The summed E-state index contributed by atoms with van der Waals surface area (Å²) in [6.45, 7) is 0. The van der Waals surface area contributed by atoms with E-state index in [0.29, 0.717) is 22.9 Å². The first kappa shape index (κ1) is 16.2. The fourth-order valence-corrected chi connectivity index (χ4v) is 2.86. The molecule has 4 aromatic rings. The molecule has 7 nitrogen and oxygen atoms in total. The fourth-order valence-electron chi connectivity index (χ4n) is 2.60. The van der Waals surface area contributed by atoms with Crippen LogP contribution in [0, 0.1) is 5.82 Å². The van der Waals surface area contributed by atoms with Gasteiger partial charge in [0.05, 0.1) is 5.56 Å². The molecule has 0 saturated heterocycles. The Morgan fingerprint density at radius 3 is 2.73 bits per heavy atom. The largest absolute Gasteiger partial charge is 0.306 e. The number of halogens is 2. The van der Waals surface area contributed by atoms with Gasteiger partial charge in [0.2, 0.25) is 5.78 Å². The summed E-state index contributed by atoms with van der Waals surface area (Å²) in [5.74, 6) is 0.0181. The number of amides is 1. The van der Waals surface area contributed by atoms with Gasteiger partial charge in [0, 0.05) is 31.2 Å². The summed E-state index contributed by atoms with van der Waals surface area (Å²) >= 11 is 6.00. The first-order chi connectivity index (χ1) is 12.5. The Hall–Kier alpha value is -3.26. The molecule has 26 heavy (non-hydrogen) atoms. The maximum atomic E-state index is 13.3. The average molecular weight is 371 g/mol. The molecule has 1 amide bonds. The van der Waals surface area contributed by atoms with Crippen molar-refractivity contribution >= 4 is 29.1 Å². The summed E-state index contributed by atoms with van der Waals surface area (Å²) in [6.07, 6.45) is 4.85. The third kappa shape index (κ3) is 2.80. The minimum absolute atomic E-state index is 0.0975. The first-order valence-electron chi connectivity index (χ1n) is 7.62. The molecule has 130 valence electrons. The van der Waals surface area contributed by atoms with E-state index in [9.17, 15) is 9.18 Å². The Morgan fingerprint density at radius 2 is 2.04 bits per heavy atom. The monoisotopic (exact) mass is 370 g/mol. The summed E-state index contributed by atoms with van der Waals surface area (Å²) in [4.78, 5) is 21.3. The van der Waals surface area contributed by atoms with Crippen LogP contribution in [0.3, 0.4) is 0 Å². The van der Waals surface area contributed by atoms with E-state index < -0.39 is 5.91 Å². The van der Waals surface area contributed by atoms with Crippen LogP contribution in [0.4, 0.5) is 10.2 Å². The SMILES string of the molecule is Cn1cc(C(=O)Nc2c(-c3ccc(F)cc3)nc3ncccn23)c(Cl)n1. The van der Waals surface area contributed by atoms with Gasteiger partial charge in [-0.25, -0.2) is 14.4 Å². The third-order valence-electron chi connectivity index (χ3n) is 3.78.